The first-order chi connectivity index (χ1) is 14.2. The van der Waals surface area contributed by atoms with Crippen molar-refractivity contribution in [2.24, 2.45) is 0 Å². The summed E-state index contributed by atoms with van der Waals surface area (Å²) in [6, 6.07) is 18.7. The molecule has 0 radical (unpaired) electrons. The molecule has 4 rings (SSSR count). The van der Waals surface area contributed by atoms with Crippen molar-refractivity contribution in [3.8, 4) is 5.69 Å². The molecule has 1 fully saturated rings. The van der Waals surface area contributed by atoms with Crippen LogP contribution in [-0.4, -0.2) is 38.8 Å². The molecule has 0 unspecified atom stereocenters. The van der Waals surface area contributed by atoms with Crippen molar-refractivity contribution in [3.63, 3.8) is 0 Å². The third-order valence-corrected chi connectivity index (χ3v) is 5.75. The first-order valence-corrected chi connectivity index (χ1v) is 10.5. The Morgan fingerprint density at radius 1 is 1.07 bits per heavy atom. The Hall–Kier alpha value is -2.79. The highest BCUT2D eigenvalue weighted by atomic mass is 16.1. The molecule has 0 atom stereocenters. The molecule has 0 spiro atoms. The minimum absolute atomic E-state index is 0.306. The second-order valence-electron chi connectivity index (χ2n) is 7.85. The van der Waals surface area contributed by atoms with E-state index in [1.165, 1.54) is 5.56 Å². The lowest BCUT2D eigenvalue weighted by Crippen LogP contribution is -2.32. The van der Waals surface area contributed by atoms with Crippen molar-refractivity contribution >= 4 is 5.78 Å². The smallest absolute Gasteiger partial charge is 0.136 e. The molecule has 3 aromatic rings. The van der Waals surface area contributed by atoms with Crippen LogP contribution in [0.15, 0.2) is 60.8 Å². The van der Waals surface area contributed by atoms with Crippen LogP contribution < -0.4 is 0 Å². The van der Waals surface area contributed by atoms with Gasteiger partial charge in [-0.25, -0.2) is 4.68 Å². The third kappa shape index (κ3) is 4.98. The van der Waals surface area contributed by atoms with E-state index in [0.29, 0.717) is 24.5 Å². The van der Waals surface area contributed by atoms with Gasteiger partial charge in [-0.2, -0.15) is 0 Å². The summed E-state index contributed by atoms with van der Waals surface area (Å²) in [7, 11) is 0. The molecule has 5 nitrogen and oxygen atoms in total. The topological polar surface area (TPSA) is 51.0 Å². The Bertz CT molecular complexity index is 942. The van der Waals surface area contributed by atoms with Gasteiger partial charge < -0.3 is 0 Å². The van der Waals surface area contributed by atoms with Gasteiger partial charge in [-0.1, -0.05) is 54.6 Å². The van der Waals surface area contributed by atoms with Crippen molar-refractivity contribution in [3.05, 3.63) is 77.6 Å². The number of hydrogen-bond acceptors (Lipinski definition) is 4. The molecular formula is C24H28N4O. The monoisotopic (exact) mass is 388 g/mol. The molecule has 0 aliphatic carbocycles. The largest absolute Gasteiger partial charge is 0.299 e. The first-order valence-electron chi connectivity index (χ1n) is 10.5. The van der Waals surface area contributed by atoms with Gasteiger partial charge in [0.25, 0.3) is 0 Å². The van der Waals surface area contributed by atoms with E-state index in [-0.39, 0.29) is 0 Å². The van der Waals surface area contributed by atoms with Gasteiger partial charge in [0.15, 0.2) is 0 Å². The van der Waals surface area contributed by atoms with Crippen LogP contribution in [0.2, 0.25) is 0 Å². The molecule has 2 heterocycles. The quantitative estimate of drug-likeness (QED) is 0.610. The second-order valence-corrected chi connectivity index (χ2v) is 7.85. The minimum atomic E-state index is 0.306. The Kier molecular flexibility index (Phi) is 6.15. The zero-order valence-electron chi connectivity index (χ0n) is 17.0. The van der Waals surface area contributed by atoms with Crippen molar-refractivity contribution in [2.45, 2.75) is 45.1 Å². The molecule has 1 saturated heterocycles. The third-order valence-electron chi connectivity index (χ3n) is 5.75. The lowest BCUT2D eigenvalue weighted by molar-refractivity contribution is -0.118. The number of carbonyl (C=O) groups excluding carboxylic acids is 1. The van der Waals surface area contributed by atoms with Crippen molar-refractivity contribution in [1.29, 1.82) is 0 Å². The zero-order chi connectivity index (χ0) is 20.1. The van der Waals surface area contributed by atoms with Crippen LogP contribution in [0.3, 0.4) is 0 Å². The van der Waals surface area contributed by atoms with Crippen molar-refractivity contribution < 1.29 is 4.79 Å². The fourth-order valence-corrected chi connectivity index (χ4v) is 4.04. The summed E-state index contributed by atoms with van der Waals surface area (Å²) in [6.07, 6.45) is 5.46. The van der Waals surface area contributed by atoms with E-state index in [4.69, 9.17) is 0 Å². The number of rotatable bonds is 7. The lowest BCUT2D eigenvalue weighted by Gasteiger charge is -2.31. The van der Waals surface area contributed by atoms with Crippen LogP contribution in [-0.2, 0) is 17.8 Å². The Labute approximate surface area is 172 Å². The summed E-state index contributed by atoms with van der Waals surface area (Å²) in [6.45, 7) is 4.88. The van der Waals surface area contributed by atoms with Crippen LogP contribution in [0.5, 0.6) is 0 Å². The number of aromatic nitrogens is 3. The fourth-order valence-electron chi connectivity index (χ4n) is 4.04. The standard InChI is InChI=1S/C24H28N4O/c1-2-24(29)16-19-7-6-8-21(15-19)20-11-13-27(14-12-20)17-22-18-28(26-25-22)23-9-4-3-5-10-23/h3-10,15,18,20H,2,11-14,16-17H2,1H3. The molecule has 1 aromatic heterocycles. The number of carbonyl (C=O) groups is 1. The molecule has 2 aromatic carbocycles. The molecule has 1 aliphatic rings. The minimum Gasteiger partial charge on any atom is -0.299 e. The van der Waals surface area contributed by atoms with Gasteiger partial charge >= 0.3 is 0 Å². The number of Topliss-reactive ketones (excluding diaryl/α,β-unsaturated/α-hetero) is 1. The van der Waals surface area contributed by atoms with E-state index in [0.717, 1.165) is 49.4 Å². The molecule has 0 amide bonds. The molecule has 1 aliphatic heterocycles. The molecule has 150 valence electrons. The maximum Gasteiger partial charge on any atom is 0.136 e. The number of hydrogen-bond donors (Lipinski definition) is 0. The van der Waals surface area contributed by atoms with Gasteiger partial charge in [0.1, 0.15) is 5.78 Å². The predicted molar refractivity (Wildman–Crippen MR) is 114 cm³/mol. The Balaban J connectivity index is 1.33. The number of piperidine rings is 1. The highest BCUT2D eigenvalue weighted by Gasteiger charge is 2.21. The normalized spacial score (nSPS) is 15.5. The number of benzene rings is 2. The average molecular weight is 389 g/mol. The molecule has 0 saturated carbocycles. The van der Waals surface area contributed by atoms with Crippen LogP contribution >= 0.6 is 0 Å². The van der Waals surface area contributed by atoms with Crippen molar-refractivity contribution in [2.75, 3.05) is 13.1 Å². The SMILES string of the molecule is CCC(=O)Cc1cccc(C2CCN(Cc3cn(-c4ccccc4)nn3)CC2)c1. The second kappa shape index (κ2) is 9.14. The van der Waals surface area contributed by atoms with Gasteiger partial charge in [-0.15, -0.1) is 5.10 Å². The highest BCUT2D eigenvalue weighted by Crippen LogP contribution is 2.29. The Morgan fingerprint density at radius 3 is 2.62 bits per heavy atom. The summed E-state index contributed by atoms with van der Waals surface area (Å²) in [5.41, 5.74) is 4.56. The summed E-state index contributed by atoms with van der Waals surface area (Å²) in [5, 5.41) is 8.62. The highest BCUT2D eigenvalue weighted by molar-refractivity contribution is 5.80. The summed E-state index contributed by atoms with van der Waals surface area (Å²) in [5.74, 6) is 0.878. The van der Waals surface area contributed by atoms with Crippen LogP contribution in [0.1, 0.15) is 48.9 Å². The van der Waals surface area contributed by atoms with Gasteiger partial charge in [0, 0.05) is 19.4 Å². The van der Waals surface area contributed by atoms with E-state index in [1.54, 1.807) is 0 Å². The Morgan fingerprint density at radius 2 is 1.86 bits per heavy atom. The maximum atomic E-state index is 11.8. The lowest BCUT2D eigenvalue weighted by atomic mass is 9.88. The number of nitrogens with zero attached hydrogens (tertiary/aromatic N) is 4. The predicted octanol–water partition coefficient (Wildman–Crippen LogP) is 4.17. The van der Waals surface area contributed by atoms with Crippen LogP contribution in [0, 0.1) is 0 Å². The van der Waals surface area contributed by atoms with Crippen LogP contribution in [0.25, 0.3) is 5.69 Å². The number of para-hydroxylation sites is 1. The maximum absolute atomic E-state index is 11.8. The van der Waals surface area contributed by atoms with Crippen LogP contribution in [0.4, 0.5) is 0 Å². The molecular weight excluding hydrogens is 360 g/mol. The molecule has 0 bridgehead atoms. The van der Waals surface area contributed by atoms with Gasteiger partial charge in [-0.3, -0.25) is 9.69 Å². The summed E-state index contributed by atoms with van der Waals surface area (Å²) >= 11 is 0. The van der Waals surface area contributed by atoms with E-state index in [9.17, 15) is 4.79 Å². The summed E-state index contributed by atoms with van der Waals surface area (Å²) in [4.78, 5) is 14.2. The molecule has 5 heteroatoms. The van der Waals surface area contributed by atoms with Crippen molar-refractivity contribution in [1.82, 2.24) is 19.9 Å². The van der Waals surface area contributed by atoms with E-state index in [1.807, 2.05) is 48.1 Å². The zero-order valence-corrected chi connectivity index (χ0v) is 17.0. The van der Waals surface area contributed by atoms with Gasteiger partial charge in [0.2, 0.25) is 0 Å². The fraction of sp³-hybridized carbons (Fsp3) is 0.375. The number of ketones is 1. The average Bonchev–Trinajstić information content (AvgIpc) is 3.23. The number of likely N-dealkylation sites (tertiary alicyclic amines) is 1. The molecule has 29 heavy (non-hydrogen) atoms. The molecule has 0 N–H and O–H groups in total. The van der Waals surface area contributed by atoms with Gasteiger partial charge in [0.05, 0.1) is 17.6 Å². The summed E-state index contributed by atoms with van der Waals surface area (Å²) < 4.78 is 1.84. The van der Waals surface area contributed by atoms with E-state index >= 15 is 0 Å². The first kappa shape index (κ1) is 19.5. The van der Waals surface area contributed by atoms with E-state index in [2.05, 4.69) is 39.5 Å². The van der Waals surface area contributed by atoms with Gasteiger partial charge in [-0.05, 0) is 55.1 Å². The van der Waals surface area contributed by atoms with E-state index < -0.39 is 0 Å².